The molecule has 0 aliphatic carbocycles. The van der Waals surface area contributed by atoms with Crippen LogP contribution in [0.4, 0.5) is 4.39 Å². The molecule has 76 valence electrons. The molecule has 0 aromatic heterocycles. The van der Waals surface area contributed by atoms with E-state index >= 15 is 0 Å². The van der Waals surface area contributed by atoms with Gasteiger partial charge in [0.05, 0.1) is 25.1 Å². The largest absolute Gasteiger partial charge is 0.394 e. The molecule has 0 heterocycles. The van der Waals surface area contributed by atoms with Crippen molar-refractivity contribution in [3.63, 3.8) is 0 Å². The van der Waals surface area contributed by atoms with Crippen LogP contribution in [-0.4, -0.2) is 24.4 Å². The molecule has 0 radical (unpaired) electrons. The lowest BCUT2D eigenvalue weighted by molar-refractivity contribution is 0.0641. The molecule has 0 bridgehead atoms. The van der Waals surface area contributed by atoms with Gasteiger partial charge in [-0.1, -0.05) is 12.2 Å². The van der Waals surface area contributed by atoms with Crippen LogP contribution in [-0.2, 0) is 4.74 Å². The predicted molar refractivity (Wildman–Crippen MR) is 51.1 cm³/mol. The standard InChI is InChI=1S/C10H17FO2/c1-8(10(3)11)4-5-9(2)13-7-6-12/h4-5,9,12H,6-7H2,1-3H3/b5-4-,10-8+. The molecule has 1 N–H and O–H groups in total. The molecule has 0 aliphatic heterocycles. The van der Waals surface area contributed by atoms with E-state index in [1.807, 2.05) is 6.92 Å². The highest BCUT2D eigenvalue weighted by Gasteiger charge is 1.96. The first-order chi connectivity index (χ1) is 6.07. The number of hydrogen-bond donors (Lipinski definition) is 1. The monoisotopic (exact) mass is 188 g/mol. The molecule has 2 nitrogen and oxygen atoms in total. The fraction of sp³-hybridized carbons (Fsp3) is 0.600. The van der Waals surface area contributed by atoms with E-state index in [0.717, 1.165) is 0 Å². The number of aliphatic hydroxyl groups excluding tert-OH is 1. The number of hydrogen-bond acceptors (Lipinski definition) is 2. The van der Waals surface area contributed by atoms with Crippen LogP contribution in [0, 0.1) is 0 Å². The summed E-state index contributed by atoms with van der Waals surface area (Å²) in [6.45, 7) is 5.27. The first kappa shape index (κ1) is 12.3. The summed E-state index contributed by atoms with van der Waals surface area (Å²) in [7, 11) is 0. The minimum atomic E-state index is -0.189. The lowest BCUT2D eigenvalue weighted by atomic mass is 10.2. The van der Waals surface area contributed by atoms with Gasteiger partial charge in [-0.2, -0.15) is 0 Å². The van der Waals surface area contributed by atoms with E-state index in [1.54, 1.807) is 19.1 Å². The minimum Gasteiger partial charge on any atom is -0.394 e. The Morgan fingerprint density at radius 1 is 1.54 bits per heavy atom. The van der Waals surface area contributed by atoms with Crippen LogP contribution in [0.3, 0.4) is 0 Å². The van der Waals surface area contributed by atoms with E-state index in [4.69, 9.17) is 9.84 Å². The van der Waals surface area contributed by atoms with E-state index in [0.29, 0.717) is 12.2 Å². The Balaban J connectivity index is 3.90. The maximum Gasteiger partial charge on any atom is 0.0997 e. The van der Waals surface area contributed by atoms with Crippen molar-refractivity contribution in [2.75, 3.05) is 13.2 Å². The fourth-order valence-corrected chi connectivity index (χ4v) is 0.689. The number of ether oxygens (including phenoxy) is 1. The minimum absolute atomic E-state index is 0.00907. The van der Waals surface area contributed by atoms with Crippen molar-refractivity contribution >= 4 is 0 Å². The van der Waals surface area contributed by atoms with Gasteiger partial charge in [-0.05, 0) is 26.3 Å². The molecule has 0 fully saturated rings. The fourth-order valence-electron chi connectivity index (χ4n) is 0.689. The lowest BCUT2D eigenvalue weighted by Crippen LogP contribution is -2.08. The highest BCUT2D eigenvalue weighted by atomic mass is 19.1. The quantitative estimate of drug-likeness (QED) is 0.670. The summed E-state index contributed by atoms with van der Waals surface area (Å²) >= 11 is 0. The van der Waals surface area contributed by atoms with Crippen LogP contribution >= 0.6 is 0 Å². The molecule has 3 heteroatoms. The zero-order valence-corrected chi connectivity index (χ0v) is 8.38. The van der Waals surface area contributed by atoms with Crippen LogP contribution in [0.5, 0.6) is 0 Å². The lowest BCUT2D eigenvalue weighted by Gasteiger charge is -2.06. The molecule has 0 aliphatic rings. The summed E-state index contributed by atoms with van der Waals surface area (Å²) < 4.78 is 17.7. The van der Waals surface area contributed by atoms with Gasteiger partial charge < -0.3 is 9.84 Å². The summed E-state index contributed by atoms with van der Waals surface area (Å²) in [6.07, 6.45) is 3.34. The molecular weight excluding hydrogens is 171 g/mol. The zero-order chi connectivity index (χ0) is 10.3. The van der Waals surface area contributed by atoms with Crippen LogP contribution in [0.1, 0.15) is 20.8 Å². The molecule has 0 spiro atoms. The molecule has 13 heavy (non-hydrogen) atoms. The van der Waals surface area contributed by atoms with E-state index in [9.17, 15) is 4.39 Å². The zero-order valence-electron chi connectivity index (χ0n) is 8.38. The second-order valence-electron chi connectivity index (χ2n) is 2.88. The van der Waals surface area contributed by atoms with Crippen molar-refractivity contribution in [3.05, 3.63) is 23.6 Å². The summed E-state index contributed by atoms with van der Waals surface area (Å²) in [6, 6.07) is 0. The van der Waals surface area contributed by atoms with Crippen LogP contribution in [0.15, 0.2) is 23.6 Å². The Kier molecular flexibility index (Phi) is 6.45. The number of allylic oxidation sites excluding steroid dienone is 3. The molecule has 0 rings (SSSR count). The summed E-state index contributed by atoms with van der Waals surface area (Å²) in [4.78, 5) is 0. The van der Waals surface area contributed by atoms with Gasteiger partial charge in [0.1, 0.15) is 0 Å². The third-order valence-corrected chi connectivity index (χ3v) is 1.63. The van der Waals surface area contributed by atoms with Gasteiger partial charge >= 0.3 is 0 Å². The van der Waals surface area contributed by atoms with Gasteiger partial charge in [-0.25, -0.2) is 4.39 Å². The van der Waals surface area contributed by atoms with Crippen LogP contribution < -0.4 is 0 Å². The van der Waals surface area contributed by atoms with Crippen molar-refractivity contribution in [3.8, 4) is 0 Å². The summed E-state index contributed by atoms with van der Waals surface area (Å²) in [5.74, 6) is -0.189. The maximum atomic E-state index is 12.5. The molecule has 0 aromatic rings. The molecule has 1 unspecified atom stereocenters. The van der Waals surface area contributed by atoms with Gasteiger partial charge in [0.25, 0.3) is 0 Å². The summed E-state index contributed by atoms with van der Waals surface area (Å²) in [5.41, 5.74) is 0.597. The van der Waals surface area contributed by atoms with Crippen molar-refractivity contribution < 1.29 is 14.2 Å². The average Bonchev–Trinajstić information content (AvgIpc) is 2.10. The van der Waals surface area contributed by atoms with Crippen molar-refractivity contribution in [2.45, 2.75) is 26.9 Å². The first-order valence-electron chi connectivity index (χ1n) is 4.31. The second kappa shape index (κ2) is 6.80. The van der Waals surface area contributed by atoms with Crippen molar-refractivity contribution in [2.24, 2.45) is 0 Å². The molecule has 0 saturated carbocycles. The topological polar surface area (TPSA) is 29.5 Å². The smallest absolute Gasteiger partial charge is 0.0997 e. The Hall–Kier alpha value is -0.670. The molecule has 1 atom stereocenters. The number of rotatable bonds is 5. The predicted octanol–water partition coefficient (Wildman–Crippen LogP) is 2.20. The SMILES string of the molecule is C/C(F)=C(C)\C=C/C(C)OCCO. The molecular formula is C10H17FO2. The van der Waals surface area contributed by atoms with Gasteiger partial charge in [0.2, 0.25) is 0 Å². The van der Waals surface area contributed by atoms with Gasteiger partial charge in [0.15, 0.2) is 0 Å². The van der Waals surface area contributed by atoms with Gasteiger partial charge in [0, 0.05) is 0 Å². The third-order valence-electron chi connectivity index (χ3n) is 1.63. The van der Waals surface area contributed by atoms with Crippen molar-refractivity contribution in [1.82, 2.24) is 0 Å². The Morgan fingerprint density at radius 2 is 2.15 bits per heavy atom. The maximum absolute atomic E-state index is 12.5. The normalized spacial score (nSPS) is 16.1. The van der Waals surface area contributed by atoms with E-state index in [-0.39, 0.29) is 18.5 Å². The van der Waals surface area contributed by atoms with Crippen LogP contribution in [0.25, 0.3) is 0 Å². The van der Waals surface area contributed by atoms with Crippen molar-refractivity contribution in [1.29, 1.82) is 0 Å². The average molecular weight is 188 g/mol. The summed E-state index contributed by atoms with van der Waals surface area (Å²) in [5, 5.41) is 8.46. The van der Waals surface area contributed by atoms with E-state index < -0.39 is 0 Å². The Morgan fingerprint density at radius 3 is 2.62 bits per heavy atom. The first-order valence-corrected chi connectivity index (χ1v) is 4.31. The van der Waals surface area contributed by atoms with Gasteiger partial charge in [-0.15, -0.1) is 0 Å². The Labute approximate surface area is 78.7 Å². The Bertz CT molecular complexity index is 193. The highest BCUT2D eigenvalue weighted by Crippen LogP contribution is 2.06. The highest BCUT2D eigenvalue weighted by molar-refractivity contribution is 5.19. The van der Waals surface area contributed by atoms with E-state index in [1.165, 1.54) is 6.92 Å². The number of halogens is 1. The molecule has 0 saturated heterocycles. The third kappa shape index (κ3) is 6.49. The second-order valence-corrected chi connectivity index (χ2v) is 2.88. The number of aliphatic hydroxyl groups is 1. The molecule has 0 amide bonds. The molecule has 0 aromatic carbocycles. The van der Waals surface area contributed by atoms with E-state index in [2.05, 4.69) is 0 Å². The van der Waals surface area contributed by atoms with Crippen LogP contribution in [0.2, 0.25) is 0 Å². The van der Waals surface area contributed by atoms with Gasteiger partial charge in [-0.3, -0.25) is 0 Å².